The molecule has 1 aromatic heterocycles. The second-order valence-electron chi connectivity index (χ2n) is 7.12. The summed E-state index contributed by atoms with van der Waals surface area (Å²) in [6.45, 7) is 1.10. The molecule has 0 saturated carbocycles. The zero-order valence-electron chi connectivity index (χ0n) is 17.3. The Morgan fingerprint density at radius 3 is 2.74 bits per heavy atom. The highest BCUT2D eigenvalue weighted by molar-refractivity contribution is 5.97. The first kappa shape index (κ1) is 20.9. The molecule has 7 nitrogen and oxygen atoms in total. The van der Waals surface area contributed by atoms with E-state index >= 15 is 0 Å². The second-order valence-corrected chi connectivity index (χ2v) is 7.12. The minimum atomic E-state index is -0.563. The first-order valence-corrected chi connectivity index (χ1v) is 9.98. The van der Waals surface area contributed by atoms with Gasteiger partial charge in [0.1, 0.15) is 5.56 Å². The van der Waals surface area contributed by atoms with Gasteiger partial charge in [-0.05, 0) is 37.1 Å². The molecule has 8 heteroatoms. The van der Waals surface area contributed by atoms with Gasteiger partial charge in [0.05, 0.1) is 26.0 Å². The summed E-state index contributed by atoms with van der Waals surface area (Å²) in [5, 5.41) is 3.56. The van der Waals surface area contributed by atoms with Crippen molar-refractivity contribution < 1.29 is 27.8 Å². The summed E-state index contributed by atoms with van der Waals surface area (Å²) in [6.07, 6.45) is 1.88. The quantitative estimate of drug-likeness (QED) is 0.650. The topological polar surface area (TPSA) is 82.3 Å². The smallest absolute Gasteiger partial charge is 0.256 e. The van der Waals surface area contributed by atoms with Crippen LogP contribution in [0.1, 0.15) is 23.2 Å². The lowest BCUT2D eigenvalue weighted by molar-refractivity contribution is 0.0854. The van der Waals surface area contributed by atoms with Gasteiger partial charge < -0.3 is 23.9 Å². The molecule has 1 N–H and O–H groups in total. The largest absolute Gasteiger partial charge is 0.494 e. The molecule has 0 aliphatic carbocycles. The fraction of sp³-hybridized carbons (Fsp3) is 0.304. The lowest BCUT2D eigenvalue weighted by atomic mass is 10.1. The lowest BCUT2D eigenvalue weighted by Crippen LogP contribution is -2.34. The van der Waals surface area contributed by atoms with Gasteiger partial charge in [0.2, 0.25) is 5.55 Å². The van der Waals surface area contributed by atoms with E-state index in [1.54, 1.807) is 24.3 Å². The summed E-state index contributed by atoms with van der Waals surface area (Å²) >= 11 is 0. The monoisotopic (exact) mass is 426 g/mol. The highest BCUT2D eigenvalue weighted by atomic mass is 19.1. The van der Waals surface area contributed by atoms with Gasteiger partial charge in [-0.15, -0.1) is 0 Å². The Morgan fingerprint density at radius 1 is 1.19 bits per heavy atom. The minimum Gasteiger partial charge on any atom is -0.494 e. The third-order valence-electron chi connectivity index (χ3n) is 5.08. The summed E-state index contributed by atoms with van der Waals surface area (Å²) in [6, 6.07) is 11.3. The van der Waals surface area contributed by atoms with Crippen LogP contribution in [0.4, 0.5) is 10.1 Å². The summed E-state index contributed by atoms with van der Waals surface area (Å²) in [5.41, 5.74) is 0.999. The predicted octanol–water partition coefficient (Wildman–Crippen LogP) is 3.73. The molecule has 162 valence electrons. The van der Waals surface area contributed by atoms with Crippen LogP contribution in [-0.2, 0) is 4.74 Å². The van der Waals surface area contributed by atoms with Gasteiger partial charge in [0, 0.05) is 24.6 Å². The van der Waals surface area contributed by atoms with Crippen molar-refractivity contribution in [2.75, 3.05) is 27.4 Å². The van der Waals surface area contributed by atoms with Crippen molar-refractivity contribution in [1.29, 1.82) is 0 Å². The molecule has 1 saturated heterocycles. The first-order valence-electron chi connectivity index (χ1n) is 9.98. The number of fused-ring (bicyclic) bond motifs is 1. The Labute approximate surface area is 178 Å². The van der Waals surface area contributed by atoms with Crippen molar-refractivity contribution in [2.24, 2.45) is 4.99 Å². The zero-order valence-corrected chi connectivity index (χ0v) is 17.3. The van der Waals surface area contributed by atoms with Crippen LogP contribution in [0.5, 0.6) is 11.5 Å². The van der Waals surface area contributed by atoms with Gasteiger partial charge in [-0.1, -0.05) is 12.1 Å². The molecule has 0 bridgehead atoms. The summed E-state index contributed by atoms with van der Waals surface area (Å²) in [7, 11) is 2.92. The van der Waals surface area contributed by atoms with Gasteiger partial charge >= 0.3 is 0 Å². The molecule has 31 heavy (non-hydrogen) atoms. The Balaban J connectivity index is 1.79. The number of para-hydroxylation sites is 1. The Morgan fingerprint density at radius 2 is 2.03 bits per heavy atom. The SMILES string of the molecule is COc1ccc(N=c2oc3c(OC)cccc3cc2C(=O)NC[C@@H]2CCCO2)cc1F. The van der Waals surface area contributed by atoms with E-state index in [1.165, 1.54) is 26.4 Å². The normalized spacial score (nSPS) is 16.5. The third kappa shape index (κ3) is 4.54. The predicted molar refractivity (Wildman–Crippen MR) is 112 cm³/mol. The number of nitrogens with zero attached hydrogens (tertiary/aromatic N) is 1. The van der Waals surface area contributed by atoms with Gasteiger partial charge in [0.15, 0.2) is 22.9 Å². The van der Waals surface area contributed by atoms with Crippen molar-refractivity contribution in [2.45, 2.75) is 18.9 Å². The van der Waals surface area contributed by atoms with Crippen LogP contribution in [0.25, 0.3) is 11.0 Å². The van der Waals surface area contributed by atoms with Crippen LogP contribution in [0.2, 0.25) is 0 Å². The molecule has 1 atom stereocenters. The fourth-order valence-corrected chi connectivity index (χ4v) is 3.48. The number of methoxy groups -OCH3 is 2. The van der Waals surface area contributed by atoms with E-state index in [0.29, 0.717) is 29.9 Å². The molecule has 1 aliphatic heterocycles. The number of carbonyl (C=O) groups excluding carboxylic acids is 1. The molecule has 2 heterocycles. The van der Waals surface area contributed by atoms with Crippen molar-refractivity contribution >= 4 is 22.6 Å². The molecule has 1 fully saturated rings. The summed E-state index contributed by atoms with van der Waals surface area (Å²) < 4.78 is 36.0. The highest BCUT2D eigenvalue weighted by Gasteiger charge is 2.19. The molecular formula is C23H23FN2O5. The van der Waals surface area contributed by atoms with Crippen molar-refractivity contribution in [1.82, 2.24) is 5.32 Å². The Kier molecular flexibility index (Phi) is 6.18. The number of carbonyl (C=O) groups is 1. The van der Waals surface area contributed by atoms with E-state index in [2.05, 4.69) is 10.3 Å². The van der Waals surface area contributed by atoms with E-state index in [0.717, 1.165) is 12.8 Å². The highest BCUT2D eigenvalue weighted by Crippen LogP contribution is 2.26. The van der Waals surface area contributed by atoms with Gasteiger partial charge in [-0.25, -0.2) is 9.38 Å². The maximum atomic E-state index is 14.1. The molecule has 2 aromatic carbocycles. The van der Waals surface area contributed by atoms with Crippen LogP contribution in [-0.4, -0.2) is 39.4 Å². The molecule has 4 rings (SSSR count). The van der Waals surface area contributed by atoms with Crippen LogP contribution in [0.15, 0.2) is 51.9 Å². The Hall–Kier alpha value is -3.39. The molecule has 1 amide bonds. The van der Waals surface area contributed by atoms with E-state index in [4.69, 9.17) is 18.6 Å². The van der Waals surface area contributed by atoms with E-state index < -0.39 is 5.82 Å². The fourth-order valence-electron chi connectivity index (χ4n) is 3.48. The average Bonchev–Trinajstić information content (AvgIpc) is 3.30. The third-order valence-corrected chi connectivity index (χ3v) is 5.08. The zero-order chi connectivity index (χ0) is 21.8. The molecule has 0 radical (unpaired) electrons. The number of nitrogens with one attached hydrogen (secondary N) is 1. The summed E-state index contributed by atoms with van der Waals surface area (Å²) in [5.74, 6) is -0.310. The van der Waals surface area contributed by atoms with Gasteiger partial charge in [-0.3, -0.25) is 4.79 Å². The maximum Gasteiger partial charge on any atom is 0.256 e. The molecule has 0 unspecified atom stereocenters. The first-order chi connectivity index (χ1) is 15.1. The van der Waals surface area contributed by atoms with Crippen molar-refractivity contribution in [3.05, 3.63) is 59.4 Å². The molecule has 3 aromatic rings. The molecule has 0 spiro atoms. The number of rotatable bonds is 6. The van der Waals surface area contributed by atoms with Crippen LogP contribution >= 0.6 is 0 Å². The molecule has 1 aliphatic rings. The summed E-state index contributed by atoms with van der Waals surface area (Å²) in [4.78, 5) is 17.4. The van der Waals surface area contributed by atoms with E-state index in [-0.39, 0.29) is 34.6 Å². The van der Waals surface area contributed by atoms with Gasteiger partial charge in [0.25, 0.3) is 5.91 Å². The number of hydrogen-bond acceptors (Lipinski definition) is 6. The second kappa shape index (κ2) is 9.18. The van der Waals surface area contributed by atoms with Crippen LogP contribution < -0.4 is 20.3 Å². The maximum absolute atomic E-state index is 14.1. The van der Waals surface area contributed by atoms with E-state index in [1.807, 2.05) is 6.07 Å². The van der Waals surface area contributed by atoms with Crippen LogP contribution in [0, 0.1) is 5.82 Å². The number of hydrogen-bond donors (Lipinski definition) is 1. The molecular weight excluding hydrogens is 403 g/mol. The lowest BCUT2D eigenvalue weighted by Gasteiger charge is -2.12. The van der Waals surface area contributed by atoms with Crippen molar-refractivity contribution in [3.8, 4) is 11.5 Å². The number of halogens is 1. The Bertz CT molecular complexity index is 1170. The van der Waals surface area contributed by atoms with Crippen LogP contribution in [0.3, 0.4) is 0 Å². The number of amides is 1. The van der Waals surface area contributed by atoms with Crippen molar-refractivity contribution in [3.63, 3.8) is 0 Å². The minimum absolute atomic E-state index is 0.00230. The van der Waals surface area contributed by atoms with Gasteiger partial charge in [-0.2, -0.15) is 0 Å². The number of ether oxygens (including phenoxy) is 3. The average molecular weight is 426 g/mol. The standard InChI is InChI=1S/C23H23FN2O5/c1-28-19-9-8-15(12-18(19)24)26-23-17(22(27)25-13-16-6-4-10-30-16)11-14-5-3-7-20(29-2)21(14)31-23/h3,5,7-9,11-12,16H,4,6,10,13H2,1-2H3,(H,25,27)/t16-/m0/s1. The number of benzene rings is 2. The van der Waals surface area contributed by atoms with E-state index in [9.17, 15) is 9.18 Å².